The van der Waals surface area contributed by atoms with E-state index in [1.165, 1.54) is 0 Å². The van der Waals surface area contributed by atoms with Crippen molar-refractivity contribution in [2.45, 2.75) is 63.8 Å². The highest BCUT2D eigenvalue weighted by Crippen LogP contribution is 2.40. The predicted octanol–water partition coefficient (Wildman–Crippen LogP) is 2.14. The summed E-state index contributed by atoms with van der Waals surface area (Å²) in [4.78, 5) is 20.5. The van der Waals surface area contributed by atoms with Gasteiger partial charge in [-0.2, -0.15) is 5.10 Å². The van der Waals surface area contributed by atoms with E-state index in [0.717, 1.165) is 65.1 Å². The summed E-state index contributed by atoms with van der Waals surface area (Å²) in [5, 5.41) is 33.0. The number of carbonyl (C=O) groups is 1. The highest BCUT2D eigenvalue weighted by Gasteiger charge is 2.41. The standard InChI is InChI=1S/C25H34N6O3S/c1-16-3-4-21-20(11-16)23(29-31(21)9-10-32)26-13-22(33)28-18-14-30(15-18)19-5-7-25(34,8-6-19)24-27-12-17(2)35-24/h3-4,11-12,18-19,32,34H,5-10,13-15H2,1-2H3,(H,26,29)(H,28,33)/t19-,25-. The third kappa shape index (κ3) is 5.06. The molecule has 3 aromatic rings. The SMILES string of the molecule is Cc1ccc2c(c1)c(NCC(=O)NC1CN([C@H]3CC[C@@](O)(c4ncc(C)s4)CC3)C1)nn2CCO. The Morgan fingerprint density at radius 2 is 2.03 bits per heavy atom. The van der Waals surface area contributed by atoms with Crippen LogP contribution in [0.25, 0.3) is 10.9 Å². The van der Waals surface area contributed by atoms with Gasteiger partial charge in [0.15, 0.2) is 5.82 Å². The van der Waals surface area contributed by atoms with Crippen molar-refractivity contribution < 1.29 is 15.0 Å². The first-order valence-corrected chi connectivity index (χ1v) is 13.2. The Kier molecular flexibility index (Phi) is 6.80. The zero-order chi connectivity index (χ0) is 24.6. The number of amides is 1. The van der Waals surface area contributed by atoms with Gasteiger partial charge in [-0.25, -0.2) is 4.98 Å². The van der Waals surface area contributed by atoms with Crippen molar-refractivity contribution in [2.75, 3.05) is 31.6 Å². The van der Waals surface area contributed by atoms with Crippen LogP contribution in [-0.2, 0) is 16.9 Å². The van der Waals surface area contributed by atoms with Crippen LogP contribution in [0.3, 0.4) is 0 Å². The summed E-state index contributed by atoms with van der Waals surface area (Å²) in [5.74, 6) is 0.608. The Balaban J connectivity index is 1.08. The van der Waals surface area contributed by atoms with Crippen LogP contribution in [0.15, 0.2) is 24.4 Å². The Bertz CT molecular complexity index is 1190. The van der Waals surface area contributed by atoms with Crippen LogP contribution in [0.4, 0.5) is 5.82 Å². The molecule has 10 heteroatoms. The molecule has 1 aromatic carbocycles. The van der Waals surface area contributed by atoms with E-state index < -0.39 is 5.60 Å². The molecule has 0 bridgehead atoms. The molecule has 5 rings (SSSR count). The van der Waals surface area contributed by atoms with E-state index in [-0.39, 0.29) is 25.1 Å². The number of fused-ring (bicyclic) bond motifs is 1. The second kappa shape index (κ2) is 9.85. The van der Waals surface area contributed by atoms with Gasteiger partial charge in [-0.15, -0.1) is 11.3 Å². The van der Waals surface area contributed by atoms with Crippen molar-refractivity contribution in [3.8, 4) is 0 Å². The van der Waals surface area contributed by atoms with Crippen LogP contribution in [-0.4, -0.2) is 74.1 Å². The summed E-state index contributed by atoms with van der Waals surface area (Å²) in [7, 11) is 0. The first-order chi connectivity index (χ1) is 16.8. The highest BCUT2D eigenvalue weighted by atomic mass is 32.1. The van der Waals surface area contributed by atoms with Gasteiger partial charge in [-0.05, 0) is 51.7 Å². The normalized spacial score (nSPS) is 23.4. The molecule has 2 aromatic heterocycles. The molecule has 3 heterocycles. The van der Waals surface area contributed by atoms with Crippen LogP contribution in [0.1, 0.15) is 41.1 Å². The molecule has 2 aliphatic rings. The number of aromatic nitrogens is 3. The number of carbonyl (C=O) groups excluding carboxylic acids is 1. The number of anilines is 1. The molecule has 1 saturated carbocycles. The molecule has 0 atom stereocenters. The number of aliphatic hydroxyl groups excluding tert-OH is 1. The number of hydrogen-bond acceptors (Lipinski definition) is 8. The smallest absolute Gasteiger partial charge is 0.239 e. The van der Waals surface area contributed by atoms with E-state index in [1.807, 2.05) is 38.2 Å². The van der Waals surface area contributed by atoms with E-state index in [0.29, 0.717) is 18.4 Å². The highest BCUT2D eigenvalue weighted by molar-refractivity contribution is 7.11. The van der Waals surface area contributed by atoms with Gasteiger partial charge in [0.2, 0.25) is 5.91 Å². The lowest BCUT2D eigenvalue weighted by Crippen LogP contribution is -2.63. The van der Waals surface area contributed by atoms with Crippen LogP contribution >= 0.6 is 11.3 Å². The number of aryl methyl sites for hydroxylation is 2. The summed E-state index contributed by atoms with van der Waals surface area (Å²) >= 11 is 1.59. The Hall–Kier alpha value is -2.53. The lowest BCUT2D eigenvalue weighted by atomic mass is 9.81. The molecule has 188 valence electrons. The fourth-order valence-corrected chi connectivity index (χ4v) is 6.17. The Morgan fingerprint density at radius 1 is 1.26 bits per heavy atom. The van der Waals surface area contributed by atoms with Gasteiger partial charge in [-0.3, -0.25) is 14.4 Å². The van der Waals surface area contributed by atoms with Crippen molar-refractivity contribution >= 4 is 34.0 Å². The molecule has 4 N–H and O–H groups in total. The zero-order valence-electron chi connectivity index (χ0n) is 20.3. The number of nitrogens with one attached hydrogen (secondary N) is 2. The quantitative estimate of drug-likeness (QED) is 0.376. The van der Waals surface area contributed by atoms with Crippen molar-refractivity contribution in [1.29, 1.82) is 0 Å². The number of nitrogens with zero attached hydrogens (tertiary/aromatic N) is 4. The Labute approximate surface area is 209 Å². The van der Waals surface area contributed by atoms with Gasteiger partial charge >= 0.3 is 0 Å². The van der Waals surface area contributed by atoms with Gasteiger partial charge in [0, 0.05) is 35.6 Å². The van der Waals surface area contributed by atoms with E-state index in [9.17, 15) is 15.0 Å². The molecule has 1 amide bonds. The van der Waals surface area contributed by atoms with Gasteiger partial charge in [0.1, 0.15) is 10.6 Å². The van der Waals surface area contributed by atoms with E-state index in [2.05, 4.69) is 25.6 Å². The minimum atomic E-state index is -0.785. The number of rotatable bonds is 8. The molecular weight excluding hydrogens is 464 g/mol. The summed E-state index contributed by atoms with van der Waals surface area (Å²) in [6.45, 7) is 6.30. The van der Waals surface area contributed by atoms with Crippen molar-refractivity contribution in [3.05, 3.63) is 39.8 Å². The topological polar surface area (TPSA) is 116 Å². The number of likely N-dealkylation sites (tertiary alicyclic amines) is 1. The van der Waals surface area contributed by atoms with Crippen molar-refractivity contribution in [2.24, 2.45) is 0 Å². The lowest BCUT2D eigenvalue weighted by Gasteiger charge is -2.47. The first kappa shape index (κ1) is 24.2. The van der Waals surface area contributed by atoms with Gasteiger partial charge in [-0.1, -0.05) is 11.6 Å². The van der Waals surface area contributed by atoms with Gasteiger partial charge in [0.25, 0.3) is 0 Å². The fourth-order valence-electron chi connectivity index (χ4n) is 5.26. The lowest BCUT2D eigenvalue weighted by molar-refractivity contribution is -0.121. The van der Waals surface area contributed by atoms with E-state index in [1.54, 1.807) is 16.0 Å². The van der Waals surface area contributed by atoms with Crippen LogP contribution in [0.2, 0.25) is 0 Å². The van der Waals surface area contributed by atoms with E-state index >= 15 is 0 Å². The summed E-state index contributed by atoms with van der Waals surface area (Å²) in [6.07, 6.45) is 5.20. The maximum atomic E-state index is 12.6. The fraction of sp³-hybridized carbons (Fsp3) is 0.560. The second-order valence-corrected chi connectivity index (χ2v) is 11.2. The minimum Gasteiger partial charge on any atom is -0.394 e. The number of hydrogen-bond donors (Lipinski definition) is 4. The third-order valence-corrected chi connectivity index (χ3v) is 8.33. The monoisotopic (exact) mass is 498 g/mol. The molecular formula is C25H34N6O3S. The third-order valence-electron chi connectivity index (χ3n) is 7.23. The summed E-state index contributed by atoms with van der Waals surface area (Å²) < 4.78 is 1.76. The molecule has 0 unspecified atom stereocenters. The number of aliphatic hydroxyl groups is 2. The maximum absolute atomic E-state index is 12.6. The summed E-state index contributed by atoms with van der Waals surface area (Å²) in [5.41, 5.74) is 1.27. The van der Waals surface area contributed by atoms with Gasteiger partial charge < -0.3 is 20.8 Å². The van der Waals surface area contributed by atoms with Gasteiger partial charge in [0.05, 0.1) is 31.3 Å². The van der Waals surface area contributed by atoms with Crippen LogP contribution < -0.4 is 10.6 Å². The minimum absolute atomic E-state index is 0.00758. The first-order valence-electron chi connectivity index (χ1n) is 12.4. The van der Waals surface area contributed by atoms with Crippen molar-refractivity contribution in [3.63, 3.8) is 0 Å². The number of benzene rings is 1. The number of thiazole rings is 1. The molecule has 2 fully saturated rings. The average Bonchev–Trinajstić information content (AvgIpc) is 3.40. The molecule has 1 aliphatic heterocycles. The predicted molar refractivity (Wildman–Crippen MR) is 137 cm³/mol. The molecule has 1 saturated heterocycles. The largest absolute Gasteiger partial charge is 0.394 e. The molecule has 9 nitrogen and oxygen atoms in total. The van der Waals surface area contributed by atoms with Crippen molar-refractivity contribution in [1.82, 2.24) is 25.0 Å². The Morgan fingerprint density at radius 3 is 2.71 bits per heavy atom. The molecule has 35 heavy (non-hydrogen) atoms. The molecule has 0 spiro atoms. The average molecular weight is 499 g/mol. The van der Waals surface area contributed by atoms with E-state index in [4.69, 9.17) is 0 Å². The molecule has 0 radical (unpaired) electrons. The zero-order valence-corrected chi connectivity index (χ0v) is 21.1. The molecule has 1 aliphatic carbocycles. The van der Waals surface area contributed by atoms with Crippen LogP contribution in [0, 0.1) is 13.8 Å². The van der Waals surface area contributed by atoms with Crippen LogP contribution in [0.5, 0.6) is 0 Å². The second-order valence-electron chi connectivity index (χ2n) is 9.93. The maximum Gasteiger partial charge on any atom is 0.239 e. The summed E-state index contributed by atoms with van der Waals surface area (Å²) in [6, 6.07) is 6.65.